The molecule has 4 aromatic rings. The Morgan fingerprint density at radius 3 is 2.64 bits per heavy atom. The van der Waals surface area contributed by atoms with Gasteiger partial charge in [-0.15, -0.1) is 0 Å². The van der Waals surface area contributed by atoms with Gasteiger partial charge in [-0.3, -0.25) is 9.20 Å². The maximum Gasteiger partial charge on any atom is 0.251 e. The summed E-state index contributed by atoms with van der Waals surface area (Å²) in [7, 11) is 0. The number of nitrogens with zero attached hydrogens (tertiary/aromatic N) is 3. The van der Waals surface area contributed by atoms with Crippen molar-refractivity contribution < 1.29 is 4.79 Å². The zero-order chi connectivity index (χ0) is 22.9. The van der Waals surface area contributed by atoms with Gasteiger partial charge in [-0.05, 0) is 43.0 Å². The number of carbonyl (C=O) groups excluding carboxylic acids is 1. The van der Waals surface area contributed by atoms with Crippen molar-refractivity contribution in [1.82, 2.24) is 19.7 Å². The van der Waals surface area contributed by atoms with Crippen molar-refractivity contribution >= 4 is 23.1 Å². The molecule has 1 saturated carbocycles. The monoisotopic (exact) mass is 440 g/mol. The highest BCUT2D eigenvalue weighted by Crippen LogP contribution is 2.29. The second-order valence-corrected chi connectivity index (χ2v) is 9.04. The highest BCUT2D eigenvalue weighted by atomic mass is 16.1. The molecular formula is C26H28N6O. The summed E-state index contributed by atoms with van der Waals surface area (Å²) in [6.45, 7) is 5.10. The van der Waals surface area contributed by atoms with Gasteiger partial charge in [0.1, 0.15) is 0 Å². The molecule has 0 unspecified atom stereocenters. The highest BCUT2D eigenvalue weighted by molar-refractivity contribution is 5.95. The molecular weight excluding hydrogens is 412 g/mol. The molecule has 0 aliphatic heterocycles. The first kappa shape index (κ1) is 21.0. The van der Waals surface area contributed by atoms with E-state index in [-0.39, 0.29) is 5.91 Å². The maximum absolute atomic E-state index is 12.4. The van der Waals surface area contributed by atoms with Crippen LogP contribution in [0.3, 0.4) is 0 Å². The Bertz CT molecular complexity index is 1300. The lowest BCUT2D eigenvalue weighted by molar-refractivity contribution is 0.0951. The molecule has 0 bridgehead atoms. The molecule has 0 saturated heterocycles. The molecule has 7 heteroatoms. The third-order valence-corrected chi connectivity index (χ3v) is 5.71. The van der Waals surface area contributed by atoms with Crippen LogP contribution in [-0.2, 0) is 0 Å². The van der Waals surface area contributed by atoms with Crippen molar-refractivity contribution in [3.05, 3.63) is 66.5 Å². The van der Waals surface area contributed by atoms with Gasteiger partial charge in [0.25, 0.3) is 5.91 Å². The number of rotatable bonds is 7. The molecule has 1 aliphatic carbocycles. The first-order valence-electron chi connectivity index (χ1n) is 11.4. The van der Waals surface area contributed by atoms with Gasteiger partial charge in [-0.1, -0.05) is 38.1 Å². The number of amides is 1. The lowest BCUT2D eigenvalue weighted by Gasteiger charge is -2.13. The number of nitrogens with two attached hydrogens (primary N) is 1. The van der Waals surface area contributed by atoms with E-state index in [1.54, 1.807) is 0 Å². The van der Waals surface area contributed by atoms with Crippen molar-refractivity contribution in [2.75, 3.05) is 17.6 Å². The number of fused-ring (bicyclic) bond motifs is 1. The van der Waals surface area contributed by atoms with Crippen molar-refractivity contribution in [2.45, 2.75) is 32.7 Å². The van der Waals surface area contributed by atoms with Crippen LogP contribution in [0.25, 0.3) is 28.2 Å². The molecule has 2 aromatic carbocycles. The smallest absolute Gasteiger partial charge is 0.251 e. The topological polar surface area (TPSA) is 97.3 Å². The molecule has 0 spiro atoms. The van der Waals surface area contributed by atoms with E-state index in [1.165, 1.54) is 0 Å². The zero-order valence-electron chi connectivity index (χ0n) is 18.9. The van der Waals surface area contributed by atoms with Crippen LogP contribution in [0.15, 0.2) is 60.9 Å². The summed E-state index contributed by atoms with van der Waals surface area (Å²) in [4.78, 5) is 21.9. The van der Waals surface area contributed by atoms with E-state index in [0.717, 1.165) is 53.4 Å². The molecule has 2 aromatic heterocycles. The second kappa shape index (κ2) is 8.58. The van der Waals surface area contributed by atoms with Crippen LogP contribution in [0, 0.1) is 5.92 Å². The van der Waals surface area contributed by atoms with Crippen LogP contribution in [-0.4, -0.2) is 32.9 Å². The fourth-order valence-corrected chi connectivity index (χ4v) is 3.75. The number of hydrogen-bond donors (Lipinski definition) is 3. The minimum absolute atomic E-state index is 0.0180. The largest absolute Gasteiger partial charge is 0.399 e. The average molecular weight is 441 g/mol. The number of hydrogen-bond acceptors (Lipinski definition) is 5. The first-order valence-corrected chi connectivity index (χ1v) is 11.4. The molecule has 7 nitrogen and oxygen atoms in total. The lowest BCUT2D eigenvalue weighted by Crippen LogP contribution is -2.25. The van der Waals surface area contributed by atoms with E-state index >= 15 is 0 Å². The molecule has 2 heterocycles. The summed E-state index contributed by atoms with van der Waals surface area (Å²) in [5, 5.41) is 6.48. The van der Waals surface area contributed by atoms with Gasteiger partial charge in [-0.2, -0.15) is 0 Å². The van der Waals surface area contributed by atoms with E-state index in [0.29, 0.717) is 23.2 Å². The van der Waals surface area contributed by atoms with Crippen LogP contribution < -0.4 is 16.4 Å². The Kier molecular flexibility index (Phi) is 5.46. The minimum atomic E-state index is -0.0180. The molecule has 0 atom stereocenters. The van der Waals surface area contributed by atoms with E-state index in [9.17, 15) is 4.79 Å². The van der Waals surface area contributed by atoms with E-state index in [4.69, 9.17) is 10.7 Å². The Hall–Kier alpha value is -3.87. The Morgan fingerprint density at radius 1 is 1.15 bits per heavy atom. The molecule has 1 amide bonds. The highest BCUT2D eigenvalue weighted by Gasteiger charge is 2.23. The predicted octanol–water partition coefficient (Wildman–Crippen LogP) is 4.61. The van der Waals surface area contributed by atoms with Gasteiger partial charge in [0, 0.05) is 41.2 Å². The van der Waals surface area contributed by atoms with E-state index < -0.39 is 0 Å². The summed E-state index contributed by atoms with van der Waals surface area (Å²) in [6.07, 6.45) is 5.98. The van der Waals surface area contributed by atoms with Gasteiger partial charge in [0.2, 0.25) is 0 Å². The normalized spacial score (nSPS) is 13.4. The van der Waals surface area contributed by atoms with Crippen LogP contribution in [0.1, 0.15) is 37.0 Å². The van der Waals surface area contributed by atoms with Crippen LogP contribution >= 0.6 is 0 Å². The minimum Gasteiger partial charge on any atom is -0.399 e. The maximum atomic E-state index is 12.4. The fraction of sp³-hybridized carbons (Fsp3) is 0.269. The van der Waals surface area contributed by atoms with E-state index in [2.05, 4.69) is 29.5 Å². The standard InChI is InChI=1S/C26H28N6O/c1-16(2)13-28-24-25-29-14-23(17-6-8-18(9-7-17)26(33)30-21-10-11-21)32(25)15-22(31-24)19-4-3-5-20(27)12-19/h3-9,12,14-16,21H,10-11,13,27H2,1-2H3,(H,28,31)(H,30,33). The fourth-order valence-electron chi connectivity index (χ4n) is 3.75. The number of imidazole rings is 1. The van der Waals surface area contributed by atoms with Crippen LogP contribution in [0.4, 0.5) is 11.5 Å². The summed E-state index contributed by atoms with van der Waals surface area (Å²) >= 11 is 0. The second-order valence-electron chi connectivity index (χ2n) is 9.04. The summed E-state index contributed by atoms with van der Waals surface area (Å²) < 4.78 is 2.05. The Labute approximate surface area is 193 Å². The Balaban J connectivity index is 1.55. The number of aromatic nitrogens is 3. The van der Waals surface area contributed by atoms with Crippen molar-refractivity contribution in [2.24, 2.45) is 5.92 Å². The van der Waals surface area contributed by atoms with Crippen molar-refractivity contribution in [3.63, 3.8) is 0 Å². The molecule has 5 rings (SSSR count). The van der Waals surface area contributed by atoms with Crippen LogP contribution in [0.2, 0.25) is 0 Å². The summed E-state index contributed by atoms with van der Waals surface area (Å²) in [5.41, 5.74) is 11.8. The summed E-state index contributed by atoms with van der Waals surface area (Å²) in [6, 6.07) is 15.7. The molecule has 1 aliphatic rings. The number of anilines is 2. The number of nitrogens with one attached hydrogen (secondary N) is 2. The Morgan fingerprint density at radius 2 is 1.94 bits per heavy atom. The quantitative estimate of drug-likeness (QED) is 0.365. The van der Waals surface area contributed by atoms with Gasteiger partial charge in [0.05, 0.1) is 17.6 Å². The molecule has 1 fully saturated rings. The first-order chi connectivity index (χ1) is 16.0. The third-order valence-electron chi connectivity index (χ3n) is 5.71. The summed E-state index contributed by atoms with van der Waals surface area (Å²) in [5.74, 6) is 1.18. The predicted molar refractivity (Wildman–Crippen MR) is 132 cm³/mol. The third kappa shape index (κ3) is 4.53. The van der Waals surface area contributed by atoms with Crippen molar-refractivity contribution in [1.29, 1.82) is 0 Å². The van der Waals surface area contributed by atoms with Gasteiger partial charge in [0.15, 0.2) is 11.5 Å². The van der Waals surface area contributed by atoms with Gasteiger partial charge < -0.3 is 16.4 Å². The van der Waals surface area contributed by atoms with Gasteiger partial charge in [-0.25, -0.2) is 9.97 Å². The molecule has 0 radical (unpaired) electrons. The number of benzene rings is 2. The van der Waals surface area contributed by atoms with Gasteiger partial charge >= 0.3 is 0 Å². The molecule has 4 N–H and O–H groups in total. The zero-order valence-corrected chi connectivity index (χ0v) is 18.9. The average Bonchev–Trinajstić information content (AvgIpc) is 3.52. The number of nitrogen functional groups attached to an aromatic ring is 1. The van der Waals surface area contributed by atoms with Crippen LogP contribution in [0.5, 0.6) is 0 Å². The number of carbonyl (C=O) groups is 1. The van der Waals surface area contributed by atoms with Crippen molar-refractivity contribution in [3.8, 4) is 22.5 Å². The lowest BCUT2D eigenvalue weighted by atomic mass is 10.1. The molecule has 168 valence electrons. The van der Waals surface area contributed by atoms with E-state index in [1.807, 2.05) is 65.3 Å². The SMILES string of the molecule is CC(C)CNc1nc(-c2cccc(N)c2)cn2c(-c3ccc(C(=O)NC4CC4)cc3)cnc12. The molecule has 33 heavy (non-hydrogen) atoms.